The number of halogens is 1. The maximum atomic E-state index is 6.10. The van der Waals surface area contributed by atoms with Crippen LogP contribution in [-0.4, -0.2) is 19.9 Å². The maximum absolute atomic E-state index is 6.10. The lowest BCUT2D eigenvalue weighted by molar-refractivity contribution is 0.899. The van der Waals surface area contributed by atoms with E-state index in [1.54, 1.807) is 12.4 Å². The zero-order chi connectivity index (χ0) is 10.3. The Labute approximate surface area is 91.7 Å². The van der Waals surface area contributed by atoms with Gasteiger partial charge in [-0.2, -0.15) is 0 Å². The molecule has 1 aliphatic rings. The molecular formula is C10H9ClN4. The Morgan fingerprint density at radius 3 is 3.00 bits per heavy atom. The topological polar surface area (TPSA) is 54.5 Å². The van der Waals surface area contributed by atoms with Crippen molar-refractivity contribution in [2.75, 3.05) is 0 Å². The van der Waals surface area contributed by atoms with E-state index < -0.39 is 0 Å². The van der Waals surface area contributed by atoms with Gasteiger partial charge in [0.25, 0.3) is 0 Å². The van der Waals surface area contributed by atoms with Crippen LogP contribution in [0, 0.1) is 0 Å². The van der Waals surface area contributed by atoms with Crippen LogP contribution in [-0.2, 0) is 12.8 Å². The third-order valence-electron chi connectivity index (χ3n) is 2.59. The molecule has 2 aromatic rings. The molecule has 0 radical (unpaired) electrons. The molecule has 0 saturated heterocycles. The van der Waals surface area contributed by atoms with Crippen molar-refractivity contribution in [2.45, 2.75) is 19.3 Å². The molecule has 0 spiro atoms. The third-order valence-corrected chi connectivity index (χ3v) is 2.91. The molecule has 2 aromatic heterocycles. The van der Waals surface area contributed by atoms with Crippen LogP contribution < -0.4 is 0 Å². The van der Waals surface area contributed by atoms with Gasteiger partial charge in [-0.05, 0) is 19.3 Å². The van der Waals surface area contributed by atoms with E-state index in [1.165, 1.54) is 0 Å². The Kier molecular flexibility index (Phi) is 1.95. The lowest BCUT2D eigenvalue weighted by Crippen LogP contribution is -1.98. The van der Waals surface area contributed by atoms with E-state index in [4.69, 9.17) is 11.6 Å². The highest BCUT2D eigenvalue weighted by Gasteiger charge is 2.19. The predicted molar refractivity (Wildman–Crippen MR) is 56.6 cm³/mol. The number of nitrogens with zero attached hydrogens (tertiary/aromatic N) is 3. The molecule has 4 nitrogen and oxygen atoms in total. The lowest BCUT2D eigenvalue weighted by atomic mass is 10.3. The van der Waals surface area contributed by atoms with Gasteiger partial charge >= 0.3 is 0 Å². The molecule has 15 heavy (non-hydrogen) atoms. The van der Waals surface area contributed by atoms with Crippen LogP contribution in [0.5, 0.6) is 0 Å². The van der Waals surface area contributed by atoms with Gasteiger partial charge in [0.15, 0.2) is 11.6 Å². The maximum Gasteiger partial charge on any atom is 0.197 e. The first kappa shape index (κ1) is 8.85. The van der Waals surface area contributed by atoms with Gasteiger partial charge in [-0.3, -0.25) is 0 Å². The number of imidazole rings is 1. The zero-order valence-electron chi connectivity index (χ0n) is 8.00. The number of hydrogen-bond donors (Lipinski definition) is 1. The van der Waals surface area contributed by atoms with Crippen molar-refractivity contribution < 1.29 is 0 Å². The van der Waals surface area contributed by atoms with E-state index in [0.717, 1.165) is 30.5 Å². The van der Waals surface area contributed by atoms with Crippen LogP contribution in [0.25, 0.3) is 11.6 Å². The number of aromatic amines is 1. The zero-order valence-corrected chi connectivity index (χ0v) is 8.75. The van der Waals surface area contributed by atoms with Gasteiger partial charge in [0.1, 0.15) is 5.15 Å². The molecule has 76 valence electrons. The summed E-state index contributed by atoms with van der Waals surface area (Å²) < 4.78 is 0. The first-order chi connectivity index (χ1) is 7.34. The minimum absolute atomic E-state index is 0.573. The number of aryl methyl sites for hydroxylation is 1. The second-order valence-corrected chi connectivity index (χ2v) is 3.91. The first-order valence-electron chi connectivity index (χ1n) is 4.89. The van der Waals surface area contributed by atoms with E-state index in [-0.39, 0.29) is 0 Å². The molecule has 3 rings (SSSR count). The number of fused-ring (bicyclic) bond motifs is 1. The van der Waals surface area contributed by atoms with Crippen LogP contribution in [0.4, 0.5) is 0 Å². The molecular weight excluding hydrogens is 212 g/mol. The van der Waals surface area contributed by atoms with Gasteiger partial charge in [-0.15, -0.1) is 0 Å². The van der Waals surface area contributed by atoms with Crippen molar-refractivity contribution in [2.24, 2.45) is 0 Å². The summed E-state index contributed by atoms with van der Waals surface area (Å²) in [5, 5.41) is 0.573. The second kappa shape index (κ2) is 3.31. The Hall–Kier alpha value is -1.42. The van der Waals surface area contributed by atoms with Gasteiger partial charge in [-0.1, -0.05) is 11.6 Å². The molecule has 5 heteroatoms. The van der Waals surface area contributed by atoms with E-state index >= 15 is 0 Å². The molecule has 2 heterocycles. The Morgan fingerprint density at radius 1 is 1.27 bits per heavy atom. The summed E-state index contributed by atoms with van der Waals surface area (Å²) in [6, 6.07) is 0. The molecule has 0 bridgehead atoms. The molecule has 1 N–H and O–H groups in total. The number of aromatic nitrogens is 4. The fourth-order valence-electron chi connectivity index (χ4n) is 1.88. The number of H-pyrrole nitrogens is 1. The van der Waals surface area contributed by atoms with Gasteiger partial charge in [0.05, 0.1) is 0 Å². The summed E-state index contributed by atoms with van der Waals surface area (Å²) in [7, 11) is 0. The second-order valence-electron chi connectivity index (χ2n) is 3.55. The average molecular weight is 221 g/mol. The number of nitrogens with one attached hydrogen (secondary N) is 1. The van der Waals surface area contributed by atoms with Crippen molar-refractivity contribution in [3.63, 3.8) is 0 Å². The van der Waals surface area contributed by atoms with E-state index in [1.807, 2.05) is 0 Å². The summed E-state index contributed by atoms with van der Waals surface area (Å²) >= 11 is 6.10. The van der Waals surface area contributed by atoms with Crippen LogP contribution >= 0.6 is 11.6 Å². The monoisotopic (exact) mass is 220 g/mol. The van der Waals surface area contributed by atoms with Crippen molar-refractivity contribution >= 4 is 11.6 Å². The quantitative estimate of drug-likeness (QED) is 0.748. The van der Waals surface area contributed by atoms with Crippen LogP contribution in [0.3, 0.4) is 0 Å². The van der Waals surface area contributed by atoms with Gasteiger partial charge in [0, 0.05) is 23.7 Å². The highest BCUT2D eigenvalue weighted by Crippen LogP contribution is 2.27. The molecule has 0 saturated carbocycles. The minimum atomic E-state index is 0.573. The number of hydrogen-bond acceptors (Lipinski definition) is 3. The van der Waals surface area contributed by atoms with Crippen molar-refractivity contribution in [3.05, 3.63) is 28.8 Å². The predicted octanol–water partition coefficient (Wildman–Crippen LogP) is 2.01. The molecule has 0 aliphatic heterocycles. The van der Waals surface area contributed by atoms with Crippen molar-refractivity contribution in [1.82, 2.24) is 19.9 Å². The van der Waals surface area contributed by atoms with E-state index in [2.05, 4.69) is 19.9 Å². The summed E-state index contributed by atoms with van der Waals surface area (Å²) in [6.45, 7) is 0. The van der Waals surface area contributed by atoms with E-state index in [0.29, 0.717) is 16.8 Å². The van der Waals surface area contributed by atoms with Crippen LogP contribution in [0.2, 0.25) is 5.15 Å². The molecule has 0 fully saturated rings. The highest BCUT2D eigenvalue weighted by atomic mass is 35.5. The standard InChI is InChI=1S/C10H9ClN4/c11-8-6-2-1-3-7(6)14-10(15-8)9-12-4-5-13-9/h4-5H,1-3H2,(H,12,13). The summed E-state index contributed by atoms with van der Waals surface area (Å²) in [5.41, 5.74) is 2.17. The fourth-order valence-corrected chi connectivity index (χ4v) is 2.16. The summed E-state index contributed by atoms with van der Waals surface area (Å²) in [6.07, 6.45) is 6.53. The average Bonchev–Trinajstić information content (AvgIpc) is 2.88. The SMILES string of the molecule is Clc1nc(-c2ncc[nH]2)nc2c1CCC2. The molecule has 0 aromatic carbocycles. The Morgan fingerprint density at radius 2 is 2.20 bits per heavy atom. The first-order valence-corrected chi connectivity index (χ1v) is 5.27. The molecule has 0 amide bonds. The van der Waals surface area contributed by atoms with Crippen molar-refractivity contribution in [3.8, 4) is 11.6 Å². The summed E-state index contributed by atoms with van der Waals surface area (Å²) in [4.78, 5) is 15.8. The van der Waals surface area contributed by atoms with Crippen LogP contribution in [0.1, 0.15) is 17.7 Å². The largest absolute Gasteiger partial charge is 0.342 e. The normalized spacial score (nSPS) is 14.2. The van der Waals surface area contributed by atoms with E-state index in [9.17, 15) is 0 Å². The molecule has 0 atom stereocenters. The fraction of sp³-hybridized carbons (Fsp3) is 0.300. The smallest absolute Gasteiger partial charge is 0.197 e. The summed E-state index contributed by atoms with van der Waals surface area (Å²) in [5.74, 6) is 1.26. The third kappa shape index (κ3) is 1.41. The van der Waals surface area contributed by atoms with Gasteiger partial charge in [0.2, 0.25) is 0 Å². The Bertz CT molecular complexity index is 492. The van der Waals surface area contributed by atoms with Gasteiger partial charge in [-0.25, -0.2) is 15.0 Å². The molecule has 1 aliphatic carbocycles. The van der Waals surface area contributed by atoms with Crippen molar-refractivity contribution in [1.29, 1.82) is 0 Å². The molecule has 0 unspecified atom stereocenters. The lowest BCUT2D eigenvalue weighted by Gasteiger charge is -2.02. The van der Waals surface area contributed by atoms with Crippen LogP contribution in [0.15, 0.2) is 12.4 Å². The number of rotatable bonds is 1. The highest BCUT2D eigenvalue weighted by molar-refractivity contribution is 6.30. The minimum Gasteiger partial charge on any atom is -0.342 e. The Balaban J connectivity index is 2.15. The van der Waals surface area contributed by atoms with Gasteiger partial charge < -0.3 is 4.98 Å².